The Hall–Kier alpha value is -1.55. The maximum absolute atomic E-state index is 12.4. The Kier molecular flexibility index (Phi) is 5.62. The van der Waals surface area contributed by atoms with E-state index in [0.717, 1.165) is 18.5 Å². The minimum atomic E-state index is 0.0587. The van der Waals surface area contributed by atoms with Crippen LogP contribution in [-0.4, -0.2) is 47.8 Å². The largest absolute Gasteiger partial charge is 0.341 e. The molecule has 1 aliphatic rings. The normalized spacial score (nSPS) is 16.0. The number of rotatable bonds is 4. The minimum absolute atomic E-state index is 0.0587. The first-order valence-corrected chi connectivity index (χ1v) is 7.78. The third-order valence-electron chi connectivity index (χ3n) is 3.68. The monoisotopic (exact) mass is 308 g/mol. The quantitative estimate of drug-likeness (QED) is 0.856. The molecule has 2 amide bonds. The minimum Gasteiger partial charge on any atom is -0.341 e. The van der Waals surface area contributed by atoms with Gasteiger partial charge >= 0.3 is 0 Å². The van der Waals surface area contributed by atoms with Crippen LogP contribution in [0.3, 0.4) is 0 Å². The van der Waals surface area contributed by atoms with Crippen LogP contribution < -0.4 is 0 Å². The molecule has 0 N–H and O–H groups in total. The molecule has 1 saturated heterocycles. The SMILES string of the molecule is CCCN1CCN(C(=O)Cc2cccc(Cl)c2)CCC1=O. The summed E-state index contributed by atoms with van der Waals surface area (Å²) in [6, 6.07) is 7.35. The Morgan fingerprint density at radius 1 is 1.29 bits per heavy atom. The molecular formula is C16H21ClN2O2. The summed E-state index contributed by atoms with van der Waals surface area (Å²) < 4.78 is 0. The van der Waals surface area contributed by atoms with Gasteiger partial charge in [-0.2, -0.15) is 0 Å². The highest BCUT2D eigenvalue weighted by atomic mass is 35.5. The van der Waals surface area contributed by atoms with Crippen LogP contribution >= 0.6 is 11.6 Å². The smallest absolute Gasteiger partial charge is 0.227 e. The van der Waals surface area contributed by atoms with E-state index in [1.165, 1.54) is 0 Å². The van der Waals surface area contributed by atoms with E-state index < -0.39 is 0 Å². The van der Waals surface area contributed by atoms with E-state index in [1.54, 1.807) is 11.0 Å². The molecular weight excluding hydrogens is 288 g/mol. The zero-order valence-corrected chi connectivity index (χ0v) is 13.1. The average Bonchev–Trinajstić information content (AvgIpc) is 2.62. The van der Waals surface area contributed by atoms with Crippen molar-refractivity contribution in [2.45, 2.75) is 26.2 Å². The molecule has 0 atom stereocenters. The predicted octanol–water partition coefficient (Wildman–Crippen LogP) is 2.35. The molecule has 0 bridgehead atoms. The summed E-state index contributed by atoms with van der Waals surface area (Å²) in [4.78, 5) is 27.9. The van der Waals surface area contributed by atoms with Crippen molar-refractivity contribution in [2.75, 3.05) is 26.2 Å². The van der Waals surface area contributed by atoms with Gasteiger partial charge < -0.3 is 9.80 Å². The second-order valence-electron chi connectivity index (χ2n) is 5.32. The van der Waals surface area contributed by atoms with E-state index in [-0.39, 0.29) is 11.8 Å². The molecule has 1 fully saturated rings. The van der Waals surface area contributed by atoms with E-state index in [1.807, 2.05) is 23.1 Å². The highest BCUT2D eigenvalue weighted by Crippen LogP contribution is 2.13. The van der Waals surface area contributed by atoms with Crippen molar-refractivity contribution in [1.82, 2.24) is 9.80 Å². The molecule has 2 rings (SSSR count). The van der Waals surface area contributed by atoms with Gasteiger partial charge in [0.1, 0.15) is 0 Å². The molecule has 0 radical (unpaired) electrons. The molecule has 4 nitrogen and oxygen atoms in total. The third kappa shape index (κ3) is 4.46. The van der Waals surface area contributed by atoms with E-state index in [4.69, 9.17) is 11.6 Å². The number of carbonyl (C=O) groups is 2. The Morgan fingerprint density at radius 2 is 2.10 bits per heavy atom. The van der Waals surface area contributed by atoms with Crippen LogP contribution in [0.1, 0.15) is 25.3 Å². The van der Waals surface area contributed by atoms with E-state index in [2.05, 4.69) is 6.92 Å². The lowest BCUT2D eigenvalue weighted by Crippen LogP contribution is -2.36. The number of nitrogens with zero attached hydrogens (tertiary/aromatic N) is 2. The fraction of sp³-hybridized carbons (Fsp3) is 0.500. The van der Waals surface area contributed by atoms with Gasteiger partial charge in [0.2, 0.25) is 11.8 Å². The maximum Gasteiger partial charge on any atom is 0.227 e. The van der Waals surface area contributed by atoms with Crippen LogP contribution in [0.5, 0.6) is 0 Å². The van der Waals surface area contributed by atoms with Crippen LogP contribution in [0, 0.1) is 0 Å². The molecule has 21 heavy (non-hydrogen) atoms. The van der Waals surface area contributed by atoms with Crippen molar-refractivity contribution >= 4 is 23.4 Å². The number of amides is 2. The van der Waals surface area contributed by atoms with Gasteiger partial charge in [-0.3, -0.25) is 9.59 Å². The van der Waals surface area contributed by atoms with Crippen LogP contribution in [-0.2, 0) is 16.0 Å². The lowest BCUT2D eigenvalue weighted by molar-refractivity contribution is -0.130. The number of hydrogen-bond donors (Lipinski definition) is 0. The Morgan fingerprint density at radius 3 is 2.81 bits per heavy atom. The number of benzene rings is 1. The van der Waals surface area contributed by atoms with E-state index >= 15 is 0 Å². The molecule has 0 unspecified atom stereocenters. The van der Waals surface area contributed by atoms with Gasteiger partial charge in [0, 0.05) is 37.6 Å². The van der Waals surface area contributed by atoms with Crippen LogP contribution in [0.4, 0.5) is 0 Å². The third-order valence-corrected chi connectivity index (χ3v) is 3.91. The zero-order chi connectivity index (χ0) is 15.2. The van der Waals surface area contributed by atoms with Gasteiger partial charge in [-0.1, -0.05) is 30.7 Å². The van der Waals surface area contributed by atoms with Crippen molar-refractivity contribution in [1.29, 1.82) is 0 Å². The highest BCUT2D eigenvalue weighted by molar-refractivity contribution is 6.30. The topological polar surface area (TPSA) is 40.6 Å². The molecule has 0 aromatic heterocycles. The summed E-state index contributed by atoms with van der Waals surface area (Å²) >= 11 is 5.94. The van der Waals surface area contributed by atoms with Crippen molar-refractivity contribution in [3.63, 3.8) is 0 Å². The van der Waals surface area contributed by atoms with Crippen molar-refractivity contribution in [3.05, 3.63) is 34.9 Å². The molecule has 0 spiro atoms. The first-order chi connectivity index (χ1) is 10.1. The predicted molar refractivity (Wildman–Crippen MR) is 83.2 cm³/mol. The fourth-order valence-corrected chi connectivity index (χ4v) is 2.77. The lowest BCUT2D eigenvalue weighted by atomic mass is 10.1. The van der Waals surface area contributed by atoms with Gasteiger partial charge in [-0.05, 0) is 24.1 Å². The number of carbonyl (C=O) groups excluding carboxylic acids is 2. The highest BCUT2D eigenvalue weighted by Gasteiger charge is 2.23. The van der Waals surface area contributed by atoms with Crippen LogP contribution in [0.25, 0.3) is 0 Å². The summed E-state index contributed by atoms with van der Waals surface area (Å²) in [7, 11) is 0. The first kappa shape index (κ1) is 15.8. The van der Waals surface area contributed by atoms with Crippen molar-refractivity contribution in [3.8, 4) is 0 Å². The average molecular weight is 309 g/mol. The van der Waals surface area contributed by atoms with Gasteiger partial charge in [0.25, 0.3) is 0 Å². The molecule has 0 aliphatic carbocycles. The summed E-state index contributed by atoms with van der Waals surface area (Å²) in [6.07, 6.45) is 1.70. The maximum atomic E-state index is 12.4. The molecule has 5 heteroatoms. The summed E-state index contributed by atoms with van der Waals surface area (Å²) in [5.41, 5.74) is 0.911. The number of hydrogen-bond acceptors (Lipinski definition) is 2. The molecule has 1 aromatic carbocycles. The summed E-state index contributed by atoms with van der Waals surface area (Å²) in [5.74, 6) is 0.207. The Labute approximate surface area is 130 Å². The Balaban J connectivity index is 1.95. The fourth-order valence-electron chi connectivity index (χ4n) is 2.56. The first-order valence-electron chi connectivity index (χ1n) is 7.40. The second kappa shape index (κ2) is 7.46. The Bertz CT molecular complexity index is 519. The molecule has 0 saturated carbocycles. The van der Waals surface area contributed by atoms with Crippen LogP contribution in [0.15, 0.2) is 24.3 Å². The van der Waals surface area contributed by atoms with Gasteiger partial charge in [-0.25, -0.2) is 0 Å². The van der Waals surface area contributed by atoms with Gasteiger partial charge in [-0.15, -0.1) is 0 Å². The summed E-state index contributed by atoms with van der Waals surface area (Å²) in [5, 5.41) is 0.639. The molecule has 1 aliphatic heterocycles. The van der Waals surface area contributed by atoms with Crippen molar-refractivity contribution in [2.24, 2.45) is 0 Å². The van der Waals surface area contributed by atoms with Gasteiger partial charge in [0.15, 0.2) is 0 Å². The molecule has 114 valence electrons. The lowest BCUT2D eigenvalue weighted by Gasteiger charge is -2.22. The standard InChI is InChI=1S/C16H21ClN2O2/c1-2-7-18-9-10-19(8-6-15(18)20)16(21)12-13-4-3-5-14(17)11-13/h3-5,11H,2,6-10,12H2,1H3. The number of halogens is 1. The van der Waals surface area contributed by atoms with Crippen LogP contribution in [0.2, 0.25) is 5.02 Å². The zero-order valence-electron chi connectivity index (χ0n) is 12.3. The van der Waals surface area contributed by atoms with Crippen molar-refractivity contribution < 1.29 is 9.59 Å². The van der Waals surface area contributed by atoms with E-state index in [0.29, 0.717) is 37.5 Å². The van der Waals surface area contributed by atoms with Gasteiger partial charge in [0.05, 0.1) is 6.42 Å². The molecule has 1 heterocycles. The summed E-state index contributed by atoms with van der Waals surface area (Å²) in [6.45, 7) is 4.59. The van der Waals surface area contributed by atoms with E-state index in [9.17, 15) is 9.59 Å². The second-order valence-corrected chi connectivity index (χ2v) is 5.75. The molecule has 1 aromatic rings.